The number of hydrogen-bond donors (Lipinski definition) is 1. The summed E-state index contributed by atoms with van der Waals surface area (Å²) < 4.78 is 2.26. The standard InChI is InChI=1S/C10H16N2.HI/c1-2-4-10(5-3-1)8-12-7-6-11-9-12;/h6-7,9-10H,1-5,8H2;1H. The third-order valence-electron chi connectivity index (χ3n) is 2.80. The number of halogens is 1. The van der Waals surface area contributed by atoms with Crippen molar-refractivity contribution in [2.45, 2.75) is 38.6 Å². The first-order valence-electron chi connectivity index (χ1n) is 4.97. The Labute approximate surface area is 96.8 Å². The van der Waals surface area contributed by atoms with Gasteiger partial charge in [-0.3, -0.25) is 4.98 Å². The average Bonchev–Trinajstić information content (AvgIpc) is 2.59. The molecule has 0 radical (unpaired) electrons. The molecule has 0 saturated heterocycles. The molecule has 3 heteroatoms. The fraction of sp³-hybridized carbons (Fsp3) is 0.700. The summed E-state index contributed by atoms with van der Waals surface area (Å²) in [6.45, 7) is 1.21. The molecule has 1 saturated carbocycles. The van der Waals surface area contributed by atoms with Crippen LogP contribution in [0.25, 0.3) is 0 Å². The smallest absolute Gasteiger partial charge is 0.241 e. The van der Waals surface area contributed by atoms with Crippen LogP contribution in [0.3, 0.4) is 0 Å². The van der Waals surface area contributed by atoms with Gasteiger partial charge in [-0.25, -0.2) is 4.57 Å². The van der Waals surface area contributed by atoms with Crippen LogP contribution in [-0.2, 0) is 6.54 Å². The Bertz CT molecular complexity index is 215. The lowest BCUT2D eigenvalue weighted by Gasteiger charge is -2.19. The van der Waals surface area contributed by atoms with Crippen LogP contribution in [0.1, 0.15) is 32.1 Å². The second kappa shape index (κ2) is 5.62. The largest absolute Gasteiger partial charge is 1.00 e. The molecule has 1 aromatic heterocycles. The number of imidazole rings is 1. The van der Waals surface area contributed by atoms with Gasteiger partial charge in [0.1, 0.15) is 12.4 Å². The number of nitrogens with zero attached hydrogens (tertiary/aromatic N) is 1. The van der Waals surface area contributed by atoms with Gasteiger partial charge in [0.05, 0.1) is 6.54 Å². The number of H-pyrrole nitrogens is 1. The van der Waals surface area contributed by atoms with Crippen LogP contribution in [0.5, 0.6) is 0 Å². The zero-order chi connectivity index (χ0) is 8.23. The summed E-state index contributed by atoms with van der Waals surface area (Å²) in [6.07, 6.45) is 13.3. The third kappa shape index (κ3) is 3.29. The Hall–Kier alpha value is -0.0600. The van der Waals surface area contributed by atoms with Crippen LogP contribution < -0.4 is 28.5 Å². The second-order valence-corrected chi connectivity index (χ2v) is 3.81. The van der Waals surface area contributed by atoms with Gasteiger partial charge in [-0.2, -0.15) is 0 Å². The van der Waals surface area contributed by atoms with Gasteiger partial charge in [0.15, 0.2) is 0 Å². The predicted octanol–water partition coefficient (Wildman–Crippen LogP) is -1.11. The molecule has 13 heavy (non-hydrogen) atoms. The highest BCUT2D eigenvalue weighted by molar-refractivity contribution is 4.63. The molecule has 0 aliphatic heterocycles. The van der Waals surface area contributed by atoms with Crippen molar-refractivity contribution in [1.29, 1.82) is 0 Å². The van der Waals surface area contributed by atoms with Crippen molar-refractivity contribution in [3.05, 3.63) is 18.7 Å². The van der Waals surface area contributed by atoms with Crippen molar-refractivity contribution >= 4 is 0 Å². The molecule has 1 heterocycles. The fourth-order valence-electron chi connectivity index (χ4n) is 2.10. The lowest BCUT2D eigenvalue weighted by Crippen LogP contribution is -3.00. The summed E-state index contributed by atoms with van der Waals surface area (Å²) in [5.74, 6) is 0.930. The Balaban J connectivity index is 0.000000845. The maximum Gasteiger partial charge on any atom is 0.241 e. The first kappa shape index (κ1) is 11.0. The summed E-state index contributed by atoms with van der Waals surface area (Å²) in [5.41, 5.74) is 0. The van der Waals surface area contributed by atoms with Crippen LogP contribution in [-0.4, -0.2) is 4.98 Å². The van der Waals surface area contributed by atoms with Gasteiger partial charge in [-0.15, -0.1) is 0 Å². The molecule has 0 bridgehead atoms. The summed E-state index contributed by atoms with van der Waals surface area (Å²) in [5, 5.41) is 0. The Morgan fingerprint density at radius 1 is 1.23 bits per heavy atom. The van der Waals surface area contributed by atoms with Gasteiger partial charge in [0.25, 0.3) is 0 Å². The monoisotopic (exact) mass is 292 g/mol. The summed E-state index contributed by atoms with van der Waals surface area (Å²) in [7, 11) is 0. The molecule has 1 aliphatic rings. The van der Waals surface area contributed by atoms with Crippen molar-refractivity contribution < 1.29 is 28.5 Å². The third-order valence-corrected chi connectivity index (χ3v) is 2.80. The van der Waals surface area contributed by atoms with Crippen LogP contribution in [0.2, 0.25) is 0 Å². The number of rotatable bonds is 2. The van der Waals surface area contributed by atoms with Crippen LogP contribution in [0.4, 0.5) is 0 Å². The SMILES string of the molecule is [I-].c1c[n+](CC2CCCCC2)c[nH]1. The first-order valence-corrected chi connectivity index (χ1v) is 4.97. The van der Waals surface area contributed by atoms with Crippen LogP contribution in [0.15, 0.2) is 18.7 Å². The van der Waals surface area contributed by atoms with Crippen LogP contribution >= 0.6 is 0 Å². The highest BCUT2D eigenvalue weighted by Gasteiger charge is 2.15. The average molecular weight is 292 g/mol. The van der Waals surface area contributed by atoms with Gasteiger partial charge in [-0.05, 0) is 18.8 Å². The highest BCUT2D eigenvalue weighted by atomic mass is 127. The Morgan fingerprint density at radius 2 is 2.00 bits per heavy atom. The molecule has 0 atom stereocenters. The molecule has 1 aliphatic carbocycles. The molecule has 74 valence electrons. The number of hydrogen-bond acceptors (Lipinski definition) is 0. The van der Waals surface area contributed by atoms with Crippen molar-refractivity contribution in [3.8, 4) is 0 Å². The van der Waals surface area contributed by atoms with E-state index in [1.54, 1.807) is 0 Å². The lowest BCUT2D eigenvalue weighted by atomic mass is 9.89. The van der Waals surface area contributed by atoms with Gasteiger partial charge in [0.2, 0.25) is 6.33 Å². The normalized spacial score (nSPS) is 18.2. The number of aromatic nitrogens is 2. The molecule has 2 nitrogen and oxygen atoms in total. The molecule has 2 rings (SSSR count). The molecule has 1 fully saturated rings. The molecule has 0 aromatic carbocycles. The summed E-state index contributed by atoms with van der Waals surface area (Å²) in [4.78, 5) is 3.08. The minimum absolute atomic E-state index is 0. The predicted molar refractivity (Wildman–Crippen MR) is 47.6 cm³/mol. The van der Waals surface area contributed by atoms with E-state index in [9.17, 15) is 0 Å². The maximum absolute atomic E-state index is 3.08. The summed E-state index contributed by atoms with van der Waals surface area (Å²) >= 11 is 0. The van der Waals surface area contributed by atoms with Gasteiger partial charge in [0, 0.05) is 0 Å². The van der Waals surface area contributed by atoms with E-state index in [-0.39, 0.29) is 24.0 Å². The van der Waals surface area contributed by atoms with E-state index in [1.165, 1.54) is 38.6 Å². The fourth-order valence-corrected chi connectivity index (χ4v) is 2.10. The summed E-state index contributed by atoms with van der Waals surface area (Å²) in [6, 6.07) is 0. The molecule has 0 unspecified atom stereocenters. The van der Waals surface area contributed by atoms with E-state index in [2.05, 4.69) is 22.1 Å². The molecule has 0 spiro atoms. The zero-order valence-corrected chi connectivity index (χ0v) is 10.0. The van der Waals surface area contributed by atoms with Gasteiger partial charge < -0.3 is 24.0 Å². The zero-order valence-electron chi connectivity index (χ0n) is 7.88. The Kier molecular flexibility index (Phi) is 4.77. The van der Waals surface area contributed by atoms with E-state index >= 15 is 0 Å². The number of aromatic amines is 1. The molecule has 0 amide bonds. The van der Waals surface area contributed by atoms with Crippen molar-refractivity contribution in [1.82, 2.24) is 4.98 Å². The highest BCUT2D eigenvalue weighted by Crippen LogP contribution is 2.23. The molecule has 1 N–H and O–H groups in total. The van der Waals surface area contributed by atoms with Gasteiger partial charge >= 0.3 is 0 Å². The van der Waals surface area contributed by atoms with Crippen molar-refractivity contribution in [2.75, 3.05) is 0 Å². The maximum atomic E-state index is 3.08. The van der Waals surface area contributed by atoms with Crippen molar-refractivity contribution in [2.24, 2.45) is 5.92 Å². The molecular formula is C10H17IN2. The van der Waals surface area contributed by atoms with Gasteiger partial charge in [-0.1, -0.05) is 19.3 Å². The second-order valence-electron chi connectivity index (χ2n) is 3.81. The van der Waals surface area contributed by atoms with E-state index < -0.39 is 0 Å². The lowest BCUT2D eigenvalue weighted by molar-refractivity contribution is -0.702. The quantitative estimate of drug-likeness (QED) is 0.527. The minimum Gasteiger partial charge on any atom is -1.00 e. The molecular weight excluding hydrogens is 275 g/mol. The van der Waals surface area contributed by atoms with Crippen LogP contribution in [0, 0.1) is 5.92 Å². The minimum atomic E-state index is 0. The first-order chi connectivity index (χ1) is 5.95. The number of nitrogens with one attached hydrogen (secondary N) is 1. The van der Waals surface area contributed by atoms with E-state index in [4.69, 9.17) is 0 Å². The molecule has 1 aromatic rings. The Morgan fingerprint density at radius 3 is 2.62 bits per heavy atom. The topological polar surface area (TPSA) is 19.7 Å². The van der Waals surface area contributed by atoms with E-state index in [0.717, 1.165) is 5.92 Å². The van der Waals surface area contributed by atoms with Crippen molar-refractivity contribution in [3.63, 3.8) is 0 Å². The van der Waals surface area contributed by atoms with E-state index in [0.29, 0.717) is 0 Å². The van der Waals surface area contributed by atoms with E-state index in [1.807, 2.05) is 6.20 Å².